The Labute approximate surface area is 184 Å². The lowest BCUT2D eigenvalue weighted by Crippen LogP contribution is -2.31. The maximum atomic E-state index is 12.8. The Kier molecular flexibility index (Phi) is 7.21. The first-order chi connectivity index (χ1) is 14.9. The molecule has 2 aromatic carbocycles. The molecule has 31 heavy (non-hydrogen) atoms. The van der Waals surface area contributed by atoms with E-state index in [9.17, 15) is 9.59 Å². The van der Waals surface area contributed by atoms with E-state index in [2.05, 4.69) is 30.1 Å². The third-order valence-electron chi connectivity index (χ3n) is 6.23. The number of ether oxygens (including phenoxy) is 2. The molecular weight excluding hydrogens is 392 g/mol. The average Bonchev–Trinajstić information content (AvgIpc) is 2.76. The number of hydrogen-bond donors (Lipinski definition) is 1. The van der Waals surface area contributed by atoms with Crippen LogP contribution in [0.4, 0.5) is 16.2 Å². The van der Waals surface area contributed by atoms with E-state index in [1.165, 1.54) is 5.56 Å². The maximum absolute atomic E-state index is 12.8. The lowest BCUT2D eigenvalue weighted by molar-refractivity contribution is -0.142. The number of hydrogen-bond acceptors (Lipinski definition) is 5. The van der Waals surface area contributed by atoms with Crippen LogP contribution in [0.2, 0.25) is 0 Å². The highest BCUT2D eigenvalue weighted by atomic mass is 16.6. The summed E-state index contributed by atoms with van der Waals surface area (Å²) in [5.41, 5.74) is 4.86. The first-order valence-corrected chi connectivity index (χ1v) is 10.9. The molecule has 6 nitrogen and oxygen atoms in total. The number of benzene rings is 2. The molecule has 2 atom stereocenters. The summed E-state index contributed by atoms with van der Waals surface area (Å²) in [5.74, 6) is -0.203. The van der Waals surface area contributed by atoms with Crippen LogP contribution in [0.25, 0.3) is 0 Å². The highest BCUT2D eigenvalue weighted by Gasteiger charge is 2.35. The topological polar surface area (TPSA) is 67.9 Å². The highest BCUT2D eigenvalue weighted by Crippen LogP contribution is 2.41. The largest absolute Gasteiger partial charge is 0.496 e. The van der Waals surface area contributed by atoms with Crippen molar-refractivity contribution in [3.63, 3.8) is 0 Å². The second kappa shape index (κ2) is 9.86. The van der Waals surface area contributed by atoms with Gasteiger partial charge in [0.2, 0.25) is 0 Å². The monoisotopic (exact) mass is 424 g/mol. The van der Waals surface area contributed by atoms with Crippen LogP contribution >= 0.6 is 0 Å². The number of carbonyl (C=O) groups is 2. The summed E-state index contributed by atoms with van der Waals surface area (Å²) in [4.78, 5) is 27.5. The van der Waals surface area contributed by atoms with E-state index < -0.39 is 12.1 Å². The molecule has 0 saturated carbocycles. The Morgan fingerprint density at radius 1 is 1.16 bits per heavy atom. The van der Waals surface area contributed by atoms with Gasteiger partial charge in [-0.05, 0) is 74.9 Å². The molecule has 2 unspecified atom stereocenters. The summed E-state index contributed by atoms with van der Waals surface area (Å²) in [6.45, 7) is 9.94. The van der Waals surface area contributed by atoms with Crippen LogP contribution in [0, 0.1) is 12.8 Å². The van der Waals surface area contributed by atoms with Crippen molar-refractivity contribution in [2.45, 2.75) is 46.5 Å². The van der Waals surface area contributed by atoms with Crippen LogP contribution in [0.15, 0.2) is 36.4 Å². The number of anilines is 2. The molecule has 0 spiro atoms. The third-order valence-corrected chi connectivity index (χ3v) is 6.23. The fourth-order valence-electron chi connectivity index (χ4n) is 4.46. The van der Waals surface area contributed by atoms with E-state index in [1.807, 2.05) is 44.2 Å². The number of methoxy groups -OCH3 is 1. The first kappa shape index (κ1) is 22.7. The van der Waals surface area contributed by atoms with Crippen LogP contribution in [0.3, 0.4) is 0 Å². The number of aryl methyl sites for hydroxylation is 2. The van der Waals surface area contributed by atoms with Crippen LogP contribution in [0.1, 0.15) is 49.8 Å². The van der Waals surface area contributed by atoms with Crippen molar-refractivity contribution in [3.05, 3.63) is 53.1 Å². The zero-order chi connectivity index (χ0) is 22.5. The second-order valence-electron chi connectivity index (χ2n) is 7.97. The number of nitrogens with zero attached hydrogens (tertiary/aromatic N) is 1. The standard InChI is InChI=1S/C25H32N2O4/c1-6-27(7-2)19-12-14-21(16(3)15-19)26-25(29)31-24(28)20-13-11-18-9-8-10-22(30-5)23(18)17(20)4/h8-10,12,14-15,17,20H,6-7,11,13H2,1-5H3,(H,26,29). The van der Waals surface area contributed by atoms with E-state index in [0.717, 1.165) is 42.1 Å². The molecule has 0 radical (unpaired) electrons. The molecule has 1 N–H and O–H groups in total. The van der Waals surface area contributed by atoms with E-state index in [1.54, 1.807) is 7.11 Å². The van der Waals surface area contributed by atoms with Gasteiger partial charge in [-0.15, -0.1) is 0 Å². The van der Waals surface area contributed by atoms with Crippen LogP contribution in [-0.4, -0.2) is 32.3 Å². The van der Waals surface area contributed by atoms with Gasteiger partial charge < -0.3 is 14.4 Å². The van der Waals surface area contributed by atoms with Gasteiger partial charge in [-0.3, -0.25) is 10.1 Å². The molecule has 0 saturated heterocycles. The van der Waals surface area contributed by atoms with Crippen LogP contribution < -0.4 is 15.0 Å². The van der Waals surface area contributed by atoms with Gasteiger partial charge in [-0.25, -0.2) is 4.79 Å². The van der Waals surface area contributed by atoms with Gasteiger partial charge in [-0.2, -0.15) is 0 Å². The first-order valence-electron chi connectivity index (χ1n) is 10.9. The molecular formula is C25H32N2O4. The Morgan fingerprint density at radius 2 is 1.90 bits per heavy atom. The second-order valence-corrected chi connectivity index (χ2v) is 7.97. The van der Waals surface area contributed by atoms with E-state index in [4.69, 9.17) is 9.47 Å². The van der Waals surface area contributed by atoms with Crippen molar-refractivity contribution >= 4 is 23.4 Å². The zero-order valence-corrected chi connectivity index (χ0v) is 19.0. The molecule has 0 aliphatic heterocycles. The third kappa shape index (κ3) is 4.84. The highest BCUT2D eigenvalue weighted by molar-refractivity contribution is 5.94. The molecule has 1 aliphatic carbocycles. The summed E-state index contributed by atoms with van der Waals surface area (Å²) >= 11 is 0. The molecule has 3 rings (SSSR count). The van der Waals surface area contributed by atoms with Crippen molar-refractivity contribution in [1.29, 1.82) is 0 Å². The predicted molar refractivity (Wildman–Crippen MR) is 123 cm³/mol. The number of nitrogens with one attached hydrogen (secondary N) is 1. The number of amides is 1. The normalized spacial score (nSPS) is 17.5. The minimum absolute atomic E-state index is 0.0877. The van der Waals surface area contributed by atoms with Crippen LogP contribution in [0.5, 0.6) is 5.75 Å². The Hall–Kier alpha value is -3.02. The minimum Gasteiger partial charge on any atom is -0.496 e. The van der Waals surface area contributed by atoms with Gasteiger partial charge in [-0.1, -0.05) is 19.1 Å². The summed E-state index contributed by atoms with van der Waals surface area (Å²) < 4.78 is 10.7. The van der Waals surface area contributed by atoms with Gasteiger partial charge in [0.1, 0.15) is 5.75 Å². The summed E-state index contributed by atoms with van der Waals surface area (Å²) in [6, 6.07) is 11.8. The van der Waals surface area contributed by atoms with Gasteiger partial charge in [0.15, 0.2) is 0 Å². The van der Waals surface area contributed by atoms with E-state index in [0.29, 0.717) is 12.1 Å². The van der Waals surface area contributed by atoms with Crippen molar-refractivity contribution < 1.29 is 19.1 Å². The maximum Gasteiger partial charge on any atom is 0.419 e. The molecule has 0 aromatic heterocycles. The van der Waals surface area contributed by atoms with E-state index >= 15 is 0 Å². The Morgan fingerprint density at radius 3 is 2.55 bits per heavy atom. The fourth-order valence-corrected chi connectivity index (χ4v) is 4.46. The molecule has 0 bridgehead atoms. The van der Waals surface area contributed by atoms with Crippen LogP contribution in [-0.2, 0) is 16.0 Å². The van der Waals surface area contributed by atoms with Gasteiger partial charge in [0.25, 0.3) is 0 Å². The molecule has 6 heteroatoms. The Bertz CT molecular complexity index is 938. The van der Waals surface area contributed by atoms with Crippen molar-refractivity contribution in [2.75, 3.05) is 30.4 Å². The van der Waals surface area contributed by atoms with Crippen molar-refractivity contribution in [3.8, 4) is 5.75 Å². The lowest BCUT2D eigenvalue weighted by Gasteiger charge is -2.30. The molecule has 1 amide bonds. The Balaban J connectivity index is 1.67. The van der Waals surface area contributed by atoms with Gasteiger partial charge >= 0.3 is 12.1 Å². The van der Waals surface area contributed by atoms with Crippen molar-refractivity contribution in [1.82, 2.24) is 0 Å². The predicted octanol–water partition coefficient (Wildman–Crippen LogP) is 5.29. The summed E-state index contributed by atoms with van der Waals surface area (Å²) in [6.07, 6.45) is 0.650. The number of rotatable bonds is 6. The molecule has 1 aliphatic rings. The number of fused-ring (bicyclic) bond motifs is 1. The van der Waals surface area contributed by atoms with Gasteiger partial charge in [0, 0.05) is 30.0 Å². The lowest BCUT2D eigenvalue weighted by atomic mass is 9.75. The molecule has 2 aromatic rings. The molecule has 0 heterocycles. The summed E-state index contributed by atoms with van der Waals surface area (Å²) in [5, 5.41) is 2.71. The number of carbonyl (C=O) groups excluding carboxylic acids is 2. The summed E-state index contributed by atoms with van der Waals surface area (Å²) in [7, 11) is 1.63. The average molecular weight is 425 g/mol. The zero-order valence-electron chi connectivity index (χ0n) is 19.0. The SMILES string of the molecule is CCN(CC)c1ccc(NC(=O)OC(=O)C2CCc3cccc(OC)c3C2C)c(C)c1. The van der Waals surface area contributed by atoms with E-state index in [-0.39, 0.29) is 11.8 Å². The number of esters is 1. The quantitative estimate of drug-likeness (QED) is 0.504. The van der Waals surface area contributed by atoms with Gasteiger partial charge in [0.05, 0.1) is 13.0 Å². The smallest absolute Gasteiger partial charge is 0.419 e. The molecule has 0 fully saturated rings. The fraction of sp³-hybridized carbons (Fsp3) is 0.440. The van der Waals surface area contributed by atoms with Crippen molar-refractivity contribution in [2.24, 2.45) is 5.92 Å². The minimum atomic E-state index is -0.748. The molecule has 166 valence electrons.